The molecule has 1 aliphatic rings. The molecule has 1 aromatic rings. The van der Waals surface area contributed by atoms with Gasteiger partial charge in [-0.1, -0.05) is 30.1 Å². The molecule has 0 aliphatic carbocycles. The van der Waals surface area contributed by atoms with Gasteiger partial charge in [-0.2, -0.15) is 0 Å². The molecule has 0 saturated carbocycles. The average Bonchev–Trinajstić information content (AvgIpc) is 2.52. The minimum atomic E-state index is -0.0792. The Morgan fingerprint density at radius 3 is 2.26 bits per heavy atom. The van der Waals surface area contributed by atoms with Gasteiger partial charge in [0.15, 0.2) is 0 Å². The second-order valence-electron chi connectivity index (χ2n) is 5.58. The second kappa shape index (κ2) is 8.52. The molecule has 0 radical (unpaired) electrons. The van der Waals surface area contributed by atoms with Crippen LogP contribution in [0.4, 0.5) is 0 Å². The van der Waals surface area contributed by atoms with Gasteiger partial charge in [-0.3, -0.25) is 14.5 Å². The number of halogens is 2. The molecule has 2 amide bonds. The van der Waals surface area contributed by atoms with Crippen molar-refractivity contribution < 1.29 is 9.59 Å². The molecule has 7 heteroatoms. The lowest BCUT2D eigenvalue weighted by atomic mass is 10.2. The van der Waals surface area contributed by atoms with Crippen molar-refractivity contribution in [3.63, 3.8) is 0 Å². The molecule has 0 bridgehead atoms. The maximum atomic E-state index is 12.5. The molecule has 2 rings (SSSR count). The van der Waals surface area contributed by atoms with Crippen LogP contribution in [0.25, 0.3) is 0 Å². The van der Waals surface area contributed by atoms with Crippen molar-refractivity contribution in [3.8, 4) is 0 Å². The fraction of sp³-hybridized carbons (Fsp3) is 0.500. The van der Waals surface area contributed by atoms with E-state index >= 15 is 0 Å². The Balaban J connectivity index is 1.86. The Hall–Kier alpha value is -1.30. The highest BCUT2D eigenvalue weighted by Gasteiger charge is 2.23. The molecule has 23 heavy (non-hydrogen) atoms. The van der Waals surface area contributed by atoms with Crippen LogP contribution in [0, 0.1) is 0 Å². The number of hydrogen-bond acceptors (Lipinski definition) is 3. The molecule has 126 valence electrons. The molecule has 1 heterocycles. The number of nitrogens with zero attached hydrogens (tertiary/aromatic N) is 2. The van der Waals surface area contributed by atoms with Crippen LogP contribution < -0.4 is 5.32 Å². The lowest BCUT2D eigenvalue weighted by Gasteiger charge is -2.34. The van der Waals surface area contributed by atoms with Gasteiger partial charge in [-0.15, -0.1) is 0 Å². The second-order valence-corrected chi connectivity index (χ2v) is 6.45. The first-order valence-corrected chi connectivity index (χ1v) is 8.49. The standard InChI is InChI=1S/C16H21Cl2N3O2/c1-2-3-19-15(22)11-20-4-6-21(7-5-20)16(23)12-8-13(17)10-14(18)9-12/h8-10H,2-7,11H2,1H3,(H,19,22). The highest BCUT2D eigenvalue weighted by Crippen LogP contribution is 2.20. The number of rotatable bonds is 5. The van der Waals surface area contributed by atoms with E-state index in [1.165, 1.54) is 0 Å². The van der Waals surface area contributed by atoms with E-state index in [0.29, 0.717) is 54.9 Å². The number of carbonyl (C=O) groups is 2. The number of amides is 2. The third-order valence-corrected chi connectivity index (χ3v) is 4.14. The summed E-state index contributed by atoms with van der Waals surface area (Å²) >= 11 is 11.9. The first-order valence-electron chi connectivity index (χ1n) is 7.74. The van der Waals surface area contributed by atoms with Crippen LogP contribution in [0.15, 0.2) is 18.2 Å². The number of hydrogen-bond donors (Lipinski definition) is 1. The summed E-state index contributed by atoms with van der Waals surface area (Å²) in [4.78, 5) is 28.0. The third kappa shape index (κ3) is 5.37. The Morgan fingerprint density at radius 2 is 1.70 bits per heavy atom. The van der Waals surface area contributed by atoms with Crippen LogP contribution in [0.3, 0.4) is 0 Å². The normalized spacial score (nSPS) is 15.5. The predicted octanol–water partition coefficient (Wildman–Crippen LogP) is 2.28. The summed E-state index contributed by atoms with van der Waals surface area (Å²) in [5.74, 6) is -0.0438. The first-order chi connectivity index (χ1) is 11.0. The average molecular weight is 358 g/mol. The maximum Gasteiger partial charge on any atom is 0.254 e. The van der Waals surface area contributed by atoms with Crippen molar-refractivity contribution in [2.75, 3.05) is 39.3 Å². The van der Waals surface area contributed by atoms with Crippen molar-refractivity contribution in [1.29, 1.82) is 0 Å². The van der Waals surface area contributed by atoms with Crippen molar-refractivity contribution >= 4 is 35.0 Å². The van der Waals surface area contributed by atoms with E-state index < -0.39 is 0 Å². The minimum Gasteiger partial charge on any atom is -0.355 e. The van der Waals surface area contributed by atoms with Crippen LogP contribution in [0.5, 0.6) is 0 Å². The first kappa shape index (κ1) is 18.0. The Labute approximate surface area is 146 Å². The van der Waals surface area contributed by atoms with Gasteiger partial charge >= 0.3 is 0 Å². The largest absolute Gasteiger partial charge is 0.355 e. The highest BCUT2D eigenvalue weighted by atomic mass is 35.5. The van der Waals surface area contributed by atoms with Crippen molar-refractivity contribution in [1.82, 2.24) is 15.1 Å². The zero-order valence-corrected chi connectivity index (χ0v) is 14.7. The fourth-order valence-corrected chi connectivity index (χ4v) is 3.02. The van der Waals surface area contributed by atoms with E-state index in [-0.39, 0.29) is 11.8 Å². The van der Waals surface area contributed by atoms with E-state index in [1.54, 1.807) is 23.1 Å². The molecular formula is C16H21Cl2N3O2. The van der Waals surface area contributed by atoms with Crippen molar-refractivity contribution in [2.45, 2.75) is 13.3 Å². The van der Waals surface area contributed by atoms with Gasteiger partial charge in [0, 0.05) is 48.3 Å². The lowest BCUT2D eigenvalue weighted by Crippen LogP contribution is -2.51. The summed E-state index contributed by atoms with van der Waals surface area (Å²) in [5, 5.41) is 3.76. The molecule has 0 aromatic heterocycles. The molecule has 1 fully saturated rings. The van der Waals surface area contributed by atoms with Gasteiger partial charge in [0.25, 0.3) is 5.91 Å². The molecule has 1 aliphatic heterocycles. The van der Waals surface area contributed by atoms with E-state index in [2.05, 4.69) is 10.2 Å². The Morgan fingerprint density at radius 1 is 1.09 bits per heavy atom. The summed E-state index contributed by atoms with van der Waals surface area (Å²) in [6.45, 7) is 5.64. The van der Waals surface area contributed by atoms with Crippen LogP contribution in [-0.2, 0) is 4.79 Å². The minimum absolute atomic E-state index is 0.0354. The van der Waals surface area contributed by atoms with Crippen LogP contribution in [-0.4, -0.2) is 60.9 Å². The summed E-state index contributed by atoms with van der Waals surface area (Å²) in [7, 11) is 0. The number of carbonyl (C=O) groups excluding carboxylic acids is 2. The van der Waals surface area contributed by atoms with E-state index in [4.69, 9.17) is 23.2 Å². The van der Waals surface area contributed by atoms with Crippen LogP contribution in [0.1, 0.15) is 23.7 Å². The van der Waals surface area contributed by atoms with E-state index in [1.807, 2.05) is 6.92 Å². The third-order valence-electron chi connectivity index (χ3n) is 3.71. The molecule has 1 aromatic carbocycles. The molecule has 1 saturated heterocycles. The maximum absolute atomic E-state index is 12.5. The topological polar surface area (TPSA) is 52.7 Å². The summed E-state index contributed by atoms with van der Waals surface area (Å²) < 4.78 is 0. The van der Waals surface area contributed by atoms with Gasteiger partial charge in [-0.25, -0.2) is 0 Å². The molecule has 1 N–H and O–H groups in total. The van der Waals surface area contributed by atoms with Gasteiger partial charge in [0.1, 0.15) is 0 Å². The zero-order chi connectivity index (χ0) is 16.8. The van der Waals surface area contributed by atoms with Gasteiger partial charge < -0.3 is 10.2 Å². The van der Waals surface area contributed by atoms with Crippen molar-refractivity contribution in [3.05, 3.63) is 33.8 Å². The predicted molar refractivity (Wildman–Crippen MR) is 92.1 cm³/mol. The van der Waals surface area contributed by atoms with E-state index in [0.717, 1.165) is 6.42 Å². The molecular weight excluding hydrogens is 337 g/mol. The Bertz CT molecular complexity index is 552. The monoisotopic (exact) mass is 357 g/mol. The number of benzene rings is 1. The summed E-state index contributed by atoms with van der Waals surface area (Å²) in [5.41, 5.74) is 0.497. The van der Waals surface area contributed by atoms with Crippen LogP contribution >= 0.6 is 23.2 Å². The molecule has 5 nitrogen and oxygen atoms in total. The summed E-state index contributed by atoms with van der Waals surface area (Å²) in [6.07, 6.45) is 0.927. The van der Waals surface area contributed by atoms with Gasteiger partial charge in [0.05, 0.1) is 6.54 Å². The fourth-order valence-electron chi connectivity index (χ4n) is 2.49. The lowest BCUT2D eigenvalue weighted by molar-refractivity contribution is -0.122. The quantitative estimate of drug-likeness (QED) is 0.879. The van der Waals surface area contributed by atoms with Crippen molar-refractivity contribution in [2.24, 2.45) is 0 Å². The number of piperazine rings is 1. The highest BCUT2D eigenvalue weighted by molar-refractivity contribution is 6.35. The van der Waals surface area contributed by atoms with Gasteiger partial charge in [-0.05, 0) is 24.6 Å². The molecule has 0 spiro atoms. The van der Waals surface area contributed by atoms with E-state index in [9.17, 15) is 9.59 Å². The summed E-state index contributed by atoms with van der Waals surface area (Å²) in [6, 6.07) is 4.85. The van der Waals surface area contributed by atoms with Gasteiger partial charge in [0.2, 0.25) is 5.91 Å². The van der Waals surface area contributed by atoms with Crippen LogP contribution in [0.2, 0.25) is 10.0 Å². The Kier molecular flexibility index (Phi) is 6.69. The SMILES string of the molecule is CCCNC(=O)CN1CCN(C(=O)c2cc(Cl)cc(Cl)c2)CC1. The number of nitrogens with one attached hydrogen (secondary N) is 1. The zero-order valence-electron chi connectivity index (χ0n) is 13.1. The molecule has 0 atom stereocenters. The molecule has 0 unspecified atom stereocenters. The smallest absolute Gasteiger partial charge is 0.254 e.